The molecule has 2 heteroatoms. The van der Waals surface area contributed by atoms with Crippen molar-refractivity contribution in [2.45, 2.75) is 26.7 Å². The van der Waals surface area contributed by atoms with E-state index in [2.05, 4.69) is 74.2 Å². The van der Waals surface area contributed by atoms with Crippen LogP contribution in [0.15, 0.2) is 59.7 Å². The van der Waals surface area contributed by atoms with Crippen LogP contribution in [0.1, 0.15) is 26.7 Å². The number of nitrogens with one attached hydrogen (secondary N) is 1. The van der Waals surface area contributed by atoms with Gasteiger partial charge in [0.2, 0.25) is 0 Å². The zero-order valence-corrected chi connectivity index (χ0v) is 12.6. The quantitative estimate of drug-likeness (QED) is 0.547. The van der Waals surface area contributed by atoms with E-state index in [4.69, 9.17) is 0 Å². The summed E-state index contributed by atoms with van der Waals surface area (Å²) in [6.07, 6.45) is 18.7. The second-order valence-electron chi connectivity index (χ2n) is 4.38. The molecule has 0 bridgehead atoms. The van der Waals surface area contributed by atoms with E-state index in [1.54, 1.807) is 0 Å². The van der Waals surface area contributed by atoms with Crippen LogP contribution in [0.4, 0.5) is 0 Å². The average Bonchev–Trinajstić information content (AvgIpc) is 2.35. The van der Waals surface area contributed by atoms with Crippen LogP contribution in [0.25, 0.3) is 0 Å². The van der Waals surface area contributed by atoms with Crippen LogP contribution < -0.4 is 5.32 Å². The first kappa shape index (κ1) is 15.0. The molecular weight excluding hydrogens is 237 g/mol. The Morgan fingerprint density at radius 1 is 1.50 bits per heavy atom. The van der Waals surface area contributed by atoms with Gasteiger partial charge < -0.3 is 5.32 Å². The number of rotatable bonds is 5. The van der Waals surface area contributed by atoms with E-state index in [1.165, 1.54) is 24.0 Å². The van der Waals surface area contributed by atoms with Gasteiger partial charge in [-0.2, -0.15) is 0 Å². The molecule has 0 aromatic heterocycles. The molecule has 0 saturated heterocycles. The van der Waals surface area contributed by atoms with Gasteiger partial charge in [0.05, 0.1) is 0 Å². The summed E-state index contributed by atoms with van der Waals surface area (Å²) in [6, 6.07) is 0. The maximum Gasteiger partial charge on any atom is 0.0384 e. The molecule has 1 heterocycles. The van der Waals surface area contributed by atoms with Crippen molar-refractivity contribution in [1.29, 1.82) is 0 Å². The van der Waals surface area contributed by atoms with Crippen LogP contribution in [0.2, 0.25) is 0 Å². The summed E-state index contributed by atoms with van der Waals surface area (Å²) < 4.78 is 0. The van der Waals surface area contributed by atoms with E-state index in [-0.39, 0.29) is 7.92 Å². The maximum atomic E-state index is 3.49. The Morgan fingerprint density at radius 3 is 3.06 bits per heavy atom. The normalized spacial score (nSPS) is 27.2. The molecule has 1 atom stereocenters. The molecular formula is C16H24NP. The highest BCUT2D eigenvalue weighted by atomic mass is 31.1. The zero-order valence-electron chi connectivity index (χ0n) is 11.7. The van der Waals surface area contributed by atoms with Crippen LogP contribution in [-0.4, -0.2) is 12.8 Å². The van der Waals surface area contributed by atoms with Crippen molar-refractivity contribution >= 4 is 7.92 Å². The molecule has 1 N–H and O–H groups in total. The van der Waals surface area contributed by atoms with E-state index in [1.807, 2.05) is 0 Å². The van der Waals surface area contributed by atoms with Crippen LogP contribution in [-0.2, 0) is 0 Å². The molecule has 1 unspecified atom stereocenters. The van der Waals surface area contributed by atoms with Gasteiger partial charge in [0, 0.05) is 11.4 Å². The Morgan fingerprint density at radius 2 is 2.33 bits per heavy atom. The molecule has 0 aromatic carbocycles. The summed E-state index contributed by atoms with van der Waals surface area (Å²) in [6.45, 7) is 6.56. The molecule has 0 spiro atoms. The van der Waals surface area contributed by atoms with Crippen molar-refractivity contribution in [3.05, 3.63) is 59.7 Å². The Bertz CT molecular complexity index is 386. The van der Waals surface area contributed by atoms with Crippen molar-refractivity contribution in [2.75, 3.05) is 12.8 Å². The summed E-state index contributed by atoms with van der Waals surface area (Å²) in [5.41, 5.74) is 2.35. The molecule has 0 aliphatic carbocycles. The first-order chi connectivity index (χ1) is 8.76. The summed E-state index contributed by atoms with van der Waals surface area (Å²) in [4.78, 5) is 0. The number of hydrogen-bond donors (Lipinski definition) is 1. The molecule has 1 rings (SSSR count). The fourth-order valence-electron chi connectivity index (χ4n) is 1.61. The molecule has 1 aliphatic rings. The lowest BCUT2D eigenvalue weighted by Gasteiger charge is -2.11. The van der Waals surface area contributed by atoms with Crippen LogP contribution in [0.3, 0.4) is 0 Å². The largest absolute Gasteiger partial charge is 0.356 e. The molecule has 0 amide bonds. The molecule has 1 nitrogen and oxygen atoms in total. The van der Waals surface area contributed by atoms with Crippen molar-refractivity contribution < 1.29 is 0 Å². The summed E-state index contributed by atoms with van der Waals surface area (Å²) in [5.74, 6) is 2.32. The van der Waals surface area contributed by atoms with Gasteiger partial charge in [0.1, 0.15) is 0 Å². The molecule has 98 valence electrons. The Hall–Kier alpha value is -1.07. The lowest BCUT2D eigenvalue weighted by atomic mass is 10.2. The second kappa shape index (κ2) is 8.94. The first-order valence-electron chi connectivity index (χ1n) is 6.61. The smallest absolute Gasteiger partial charge is 0.0384 e. The SMILES string of the molecule is C/C=C\C(=C/CCC)NC1=C/C=C\CP(C)/C=C\1. The predicted molar refractivity (Wildman–Crippen MR) is 85.0 cm³/mol. The summed E-state index contributed by atoms with van der Waals surface area (Å²) in [5, 5.41) is 3.49. The highest BCUT2D eigenvalue weighted by Gasteiger charge is 1.98. The van der Waals surface area contributed by atoms with Crippen molar-refractivity contribution in [3.8, 4) is 0 Å². The highest BCUT2D eigenvalue weighted by molar-refractivity contribution is 7.60. The van der Waals surface area contributed by atoms with Gasteiger partial charge >= 0.3 is 0 Å². The van der Waals surface area contributed by atoms with Crippen LogP contribution in [0.5, 0.6) is 0 Å². The minimum absolute atomic E-state index is 0.00856. The van der Waals surface area contributed by atoms with Crippen molar-refractivity contribution in [3.63, 3.8) is 0 Å². The lowest BCUT2D eigenvalue weighted by Crippen LogP contribution is -2.10. The number of allylic oxidation sites excluding steroid dienone is 7. The van der Waals surface area contributed by atoms with Crippen LogP contribution in [0, 0.1) is 0 Å². The van der Waals surface area contributed by atoms with E-state index in [9.17, 15) is 0 Å². The van der Waals surface area contributed by atoms with Gasteiger partial charge in [-0.25, -0.2) is 0 Å². The van der Waals surface area contributed by atoms with E-state index >= 15 is 0 Å². The van der Waals surface area contributed by atoms with Crippen molar-refractivity contribution in [2.24, 2.45) is 0 Å². The molecule has 0 aromatic rings. The van der Waals surface area contributed by atoms with E-state index < -0.39 is 0 Å². The summed E-state index contributed by atoms with van der Waals surface area (Å²) >= 11 is 0. The third-order valence-electron chi connectivity index (χ3n) is 2.60. The monoisotopic (exact) mass is 261 g/mol. The topological polar surface area (TPSA) is 12.0 Å². The van der Waals surface area contributed by atoms with E-state index in [0.717, 1.165) is 6.42 Å². The third-order valence-corrected chi connectivity index (χ3v) is 4.05. The molecule has 18 heavy (non-hydrogen) atoms. The second-order valence-corrected chi connectivity index (χ2v) is 6.56. The Balaban J connectivity index is 2.76. The zero-order chi connectivity index (χ0) is 13.2. The van der Waals surface area contributed by atoms with Crippen LogP contribution >= 0.6 is 7.92 Å². The van der Waals surface area contributed by atoms with Gasteiger partial charge in [-0.1, -0.05) is 51.4 Å². The van der Waals surface area contributed by atoms with Gasteiger partial charge in [-0.15, -0.1) is 0 Å². The summed E-state index contributed by atoms with van der Waals surface area (Å²) in [7, 11) is 0.00856. The minimum Gasteiger partial charge on any atom is -0.356 e. The third kappa shape index (κ3) is 6.02. The van der Waals surface area contributed by atoms with Gasteiger partial charge in [-0.05, 0) is 44.4 Å². The van der Waals surface area contributed by atoms with Gasteiger partial charge in [-0.3, -0.25) is 0 Å². The molecule has 0 fully saturated rings. The van der Waals surface area contributed by atoms with Gasteiger partial charge in [0.15, 0.2) is 0 Å². The molecule has 0 saturated carbocycles. The fraction of sp³-hybridized carbons (Fsp3) is 0.375. The number of hydrogen-bond acceptors (Lipinski definition) is 1. The highest BCUT2D eigenvalue weighted by Crippen LogP contribution is 2.33. The van der Waals surface area contributed by atoms with Crippen molar-refractivity contribution in [1.82, 2.24) is 5.32 Å². The molecule has 1 aliphatic heterocycles. The van der Waals surface area contributed by atoms with E-state index in [0.29, 0.717) is 0 Å². The maximum absolute atomic E-state index is 3.49. The predicted octanol–water partition coefficient (Wildman–Crippen LogP) is 4.92. The Labute approximate surface area is 113 Å². The first-order valence-corrected chi connectivity index (χ1v) is 8.65. The average molecular weight is 261 g/mol. The number of unbranched alkanes of at least 4 members (excludes halogenated alkanes) is 1. The van der Waals surface area contributed by atoms with Gasteiger partial charge in [0.25, 0.3) is 0 Å². The fourth-order valence-corrected chi connectivity index (χ4v) is 2.60. The Kier molecular flexibility index (Phi) is 7.44. The molecule has 0 radical (unpaired) electrons. The standard InChI is InChI=1S/C16H24NP/c1-4-6-10-15(9-5-2)17-16-11-7-8-13-18(3)14-12-16/h5,7-12,14,17H,4,6,13H2,1-3H3/b8-7-,9-5-,14-12-,15-10+,16-11+. The minimum atomic E-state index is 0.00856. The lowest BCUT2D eigenvalue weighted by molar-refractivity contribution is 0.928.